The number of ether oxygens (including phenoxy) is 1. The smallest absolute Gasteiger partial charge is 0.224 e. The van der Waals surface area contributed by atoms with E-state index < -0.39 is 0 Å². The van der Waals surface area contributed by atoms with Gasteiger partial charge in [0.15, 0.2) is 0 Å². The number of hydrogen-bond acceptors (Lipinski definition) is 2. The van der Waals surface area contributed by atoms with Crippen molar-refractivity contribution in [3.05, 3.63) is 53.0 Å². The van der Waals surface area contributed by atoms with Gasteiger partial charge in [0.25, 0.3) is 0 Å². The van der Waals surface area contributed by atoms with Gasteiger partial charge in [0, 0.05) is 11.3 Å². The second-order valence-corrected chi connectivity index (χ2v) is 4.32. The van der Waals surface area contributed by atoms with Crippen LogP contribution in [0.5, 0.6) is 11.6 Å². The molecule has 0 aliphatic rings. The van der Waals surface area contributed by atoms with E-state index in [0.29, 0.717) is 17.5 Å². The molecule has 0 saturated carbocycles. The highest BCUT2D eigenvalue weighted by Gasteiger charge is 2.10. The Morgan fingerprint density at radius 2 is 1.89 bits per heavy atom. The van der Waals surface area contributed by atoms with E-state index >= 15 is 0 Å². The molecule has 0 aliphatic heterocycles. The Balaban J connectivity index is 2.36. The minimum absolute atomic E-state index is 0.298. The molecule has 2 nitrogen and oxygen atoms in total. The minimum atomic E-state index is -0.298. The normalized spacial score (nSPS) is 10.4. The summed E-state index contributed by atoms with van der Waals surface area (Å²) in [6.45, 7) is 3.85. The predicted molar refractivity (Wildman–Crippen MR) is 69.7 cm³/mol. The number of alkyl halides is 1. The average molecular weight is 266 g/mol. The first-order valence-electron chi connectivity index (χ1n) is 5.56. The number of pyridine rings is 1. The van der Waals surface area contributed by atoms with Gasteiger partial charge >= 0.3 is 0 Å². The van der Waals surface area contributed by atoms with Crippen LogP contribution in [0, 0.1) is 19.7 Å². The van der Waals surface area contributed by atoms with Crippen molar-refractivity contribution in [2.75, 3.05) is 0 Å². The monoisotopic (exact) mass is 265 g/mol. The van der Waals surface area contributed by atoms with Crippen LogP contribution in [0.3, 0.4) is 0 Å². The molecule has 0 saturated heterocycles. The molecule has 18 heavy (non-hydrogen) atoms. The summed E-state index contributed by atoms with van der Waals surface area (Å²) in [5, 5.41) is 0. The molecule has 1 aromatic heterocycles. The summed E-state index contributed by atoms with van der Waals surface area (Å²) < 4.78 is 18.5. The Morgan fingerprint density at radius 3 is 2.50 bits per heavy atom. The summed E-state index contributed by atoms with van der Waals surface area (Å²) in [5.41, 5.74) is 2.75. The Labute approximate surface area is 110 Å². The van der Waals surface area contributed by atoms with Crippen LogP contribution in [-0.2, 0) is 5.88 Å². The fourth-order valence-electron chi connectivity index (χ4n) is 1.69. The average Bonchev–Trinajstić information content (AvgIpc) is 2.32. The van der Waals surface area contributed by atoms with E-state index in [1.165, 1.54) is 12.1 Å². The van der Waals surface area contributed by atoms with E-state index in [1.807, 2.05) is 19.9 Å². The van der Waals surface area contributed by atoms with E-state index in [-0.39, 0.29) is 5.82 Å². The van der Waals surface area contributed by atoms with Crippen molar-refractivity contribution < 1.29 is 9.13 Å². The van der Waals surface area contributed by atoms with E-state index in [0.717, 1.165) is 16.8 Å². The van der Waals surface area contributed by atoms with Crippen LogP contribution in [0.25, 0.3) is 0 Å². The molecule has 2 rings (SSSR count). The van der Waals surface area contributed by atoms with Crippen LogP contribution in [0.4, 0.5) is 4.39 Å². The molecule has 4 heteroatoms. The van der Waals surface area contributed by atoms with Crippen molar-refractivity contribution in [2.24, 2.45) is 0 Å². The van der Waals surface area contributed by atoms with Crippen LogP contribution in [0.1, 0.15) is 16.8 Å². The first kappa shape index (κ1) is 12.8. The van der Waals surface area contributed by atoms with Crippen molar-refractivity contribution in [1.82, 2.24) is 4.98 Å². The van der Waals surface area contributed by atoms with Gasteiger partial charge in [-0.3, -0.25) is 0 Å². The topological polar surface area (TPSA) is 22.1 Å². The van der Waals surface area contributed by atoms with Crippen molar-refractivity contribution in [1.29, 1.82) is 0 Å². The summed E-state index contributed by atoms with van der Waals surface area (Å²) in [7, 11) is 0. The number of halogens is 2. The quantitative estimate of drug-likeness (QED) is 0.769. The molecule has 0 spiro atoms. The Kier molecular flexibility index (Phi) is 3.82. The molecule has 0 unspecified atom stereocenters. The number of aromatic nitrogens is 1. The van der Waals surface area contributed by atoms with E-state index in [2.05, 4.69) is 4.98 Å². The first-order valence-corrected chi connectivity index (χ1v) is 6.10. The van der Waals surface area contributed by atoms with Gasteiger partial charge < -0.3 is 4.74 Å². The summed E-state index contributed by atoms with van der Waals surface area (Å²) in [5.74, 6) is 1.05. The summed E-state index contributed by atoms with van der Waals surface area (Å²) in [6.07, 6.45) is 0. The van der Waals surface area contributed by atoms with Gasteiger partial charge in [-0.25, -0.2) is 9.37 Å². The molecule has 0 aliphatic carbocycles. The fourth-order valence-corrected chi connectivity index (χ4v) is 2.02. The third kappa shape index (κ3) is 2.79. The third-order valence-electron chi connectivity index (χ3n) is 2.60. The second-order valence-electron chi connectivity index (χ2n) is 4.05. The van der Waals surface area contributed by atoms with Gasteiger partial charge in [-0.05, 0) is 49.7 Å². The Bertz CT molecular complexity index is 554. The SMILES string of the molecule is Cc1cc(C)c(CCl)c(Oc2ccc(F)cc2)n1. The zero-order chi connectivity index (χ0) is 13.1. The maximum Gasteiger partial charge on any atom is 0.224 e. The molecule has 0 radical (unpaired) electrons. The summed E-state index contributed by atoms with van der Waals surface area (Å²) >= 11 is 5.90. The van der Waals surface area contributed by atoms with E-state index in [4.69, 9.17) is 16.3 Å². The molecule has 0 amide bonds. The largest absolute Gasteiger partial charge is 0.439 e. The highest BCUT2D eigenvalue weighted by molar-refractivity contribution is 6.17. The number of nitrogens with zero attached hydrogens (tertiary/aromatic N) is 1. The van der Waals surface area contributed by atoms with Crippen LogP contribution in [0.15, 0.2) is 30.3 Å². The van der Waals surface area contributed by atoms with Gasteiger partial charge in [0.2, 0.25) is 5.88 Å². The number of rotatable bonds is 3. The summed E-state index contributed by atoms with van der Waals surface area (Å²) in [6, 6.07) is 7.77. The van der Waals surface area contributed by atoms with Crippen LogP contribution in [-0.4, -0.2) is 4.98 Å². The maximum absolute atomic E-state index is 12.8. The standard InChI is InChI=1S/C14H13ClFNO/c1-9-7-10(2)17-14(13(9)8-15)18-12-5-3-11(16)4-6-12/h3-7H,8H2,1-2H3. The van der Waals surface area contributed by atoms with Crippen LogP contribution < -0.4 is 4.74 Å². The Hall–Kier alpha value is -1.61. The lowest BCUT2D eigenvalue weighted by Crippen LogP contribution is -1.98. The van der Waals surface area contributed by atoms with Crippen LogP contribution in [0.2, 0.25) is 0 Å². The van der Waals surface area contributed by atoms with Gasteiger partial charge in [-0.15, -0.1) is 11.6 Å². The molecule has 2 aromatic rings. The molecule has 0 N–H and O–H groups in total. The highest BCUT2D eigenvalue weighted by atomic mass is 35.5. The van der Waals surface area contributed by atoms with Crippen molar-refractivity contribution >= 4 is 11.6 Å². The van der Waals surface area contributed by atoms with Crippen LogP contribution >= 0.6 is 11.6 Å². The van der Waals surface area contributed by atoms with E-state index in [9.17, 15) is 4.39 Å². The fraction of sp³-hybridized carbons (Fsp3) is 0.214. The predicted octanol–water partition coefficient (Wildman–Crippen LogP) is 4.37. The molecule has 0 fully saturated rings. The number of benzene rings is 1. The van der Waals surface area contributed by atoms with Crippen molar-refractivity contribution in [3.63, 3.8) is 0 Å². The molecular formula is C14H13ClFNO. The van der Waals surface area contributed by atoms with Crippen molar-refractivity contribution in [2.45, 2.75) is 19.7 Å². The van der Waals surface area contributed by atoms with Gasteiger partial charge in [0.1, 0.15) is 11.6 Å². The lowest BCUT2D eigenvalue weighted by Gasteiger charge is -2.11. The molecule has 0 bridgehead atoms. The third-order valence-corrected chi connectivity index (χ3v) is 2.87. The Morgan fingerprint density at radius 1 is 1.22 bits per heavy atom. The van der Waals surface area contributed by atoms with Crippen molar-refractivity contribution in [3.8, 4) is 11.6 Å². The molecule has 1 heterocycles. The maximum atomic E-state index is 12.8. The number of hydrogen-bond donors (Lipinski definition) is 0. The van der Waals surface area contributed by atoms with Gasteiger partial charge in [-0.1, -0.05) is 0 Å². The second kappa shape index (κ2) is 5.36. The van der Waals surface area contributed by atoms with Gasteiger partial charge in [0.05, 0.1) is 5.88 Å². The van der Waals surface area contributed by atoms with Gasteiger partial charge in [-0.2, -0.15) is 0 Å². The highest BCUT2D eigenvalue weighted by Crippen LogP contribution is 2.27. The zero-order valence-electron chi connectivity index (χ0n) is 10.2. The lowest BCUT2D eigenvalue weighted by molar-refractivity contribution is 0.455. The zero-order valence-corrected chi connectivity index (χ0v) is 11.0. The molecule has 1 aromatic carbocycles. The molecule has 0 atom stereocenters. The van der Waals surface area contributed by atoms with E-state index in [1.54, 1.807) is 12.1 Å². The minimum Gasteiger partial charge on any atom is -0.439 e. The number of aryl methyl sites for hydroxylation is 2. The summed E-state index contributed by atoms with van der Waals surface area (Å²) in [4.78, 5) is 4.32. The first-order chi connectivity index (χ1) is 8.60. The molecular weight excluding hydrogens is 253 g/mol. The lowest BCUT2D eigenvalue weighted by atomic mass is 10.1. The molecule has 94 valence electrons.